The number of aryl methyl sites for hydroxylation is 1. The third-order valence-electron chi connectivity index (χ3n) is 5.03. The van der Waals surface area contributed by atoms with Crippen molar-refractivity contribution < 1.29 is 14.6 Å². The number of ether oxygens (including phenoxy) is 1. The molecule has 2 rings (SSSR count). The molecule has 0 saturated heterocycles. The molecule has 0 spiro atoms. The van der Waals surface area contributed by atoms with Gasteiger partial charge in [0, 0.05) is 13.0 Å². The van der Waals surface area contributed by atoms with E-state index >= 15 is 0 Å². The summed E-state index contributed by atoms with van der Waals surface area (Å²) in [6.07, 6.45) is 4.14. The molecule has 128 valence electrons. The van der Waals surface area contributed by atoms with E-state index in [4.69, 9.17) is 4.74 Å². The molecule has 1 amide bonds. The van der Waals surface area contributed by atoms with Crippen molar-refractivity contribution in [3.05, 3.63) is 29.3 Å². The van der Waals surface area contributed by atoms with E-state index in [1.807, 2.05) is 19.9 Å². The molecule has 0 heterocycles. The van der Waals surface area contributed by atoms with Gasteiger partial charge in [-0.15, -0.1) is 0 Å². The third kappa shape index (κ3) is 4.71. The second-order valence-electron chi connectivity index (χ2n) is 6.61. The van der Waals surface area contributed by atoms with Gasteiger partial charge in [-0.2, -0.15) is 0 Å². The van der Waals surface area contributed by atoms with E-state index in [-0.39, 0.29) is 17.7 Å². The molecule has 3 unspecified atom stereocenters. The van der Waals surface area contributed by atoms with Gasteiger partial charge >= 0.3 is 0 Å². The van der Waals surface area contributed by atoms with Gasteiger partial charge in [-0.25, -0.2) is 0 Å². The highest BCUT2D eigenvalue weighted by Crippen LogP contribution is 2.35. The van der Waals surface area contributed by atoms with Crippen LogP contribution in [0.3, 0.4) is 0 Å². The maximum Gasteiger partial charge on any atom is 0.220 e. The Labute approximate surface area is 139 Å². The Balaban J connectivity index is 1.93. The molecule has 1 aliphatic carbocycles. The standard InChI is InChI=1S/C19H29NO3/c1-4-13(2)18(21)12-20-19(22)11-15-7-5-6-14-10-16(23-3)8-9-17(14)15/h8-10,13,15,18,21H,4-7,11-12H2,1-3H3,(H,20,22). The van der Waals surface area contributed by atoms with Crippen LogP contribution in [0.4, 0.5) is 0 Å². The monoisotopic (exact) mass is 319 g/mol. The first-order valence-corrected chi connectivity index (χ1v) is 8.66. The quantitative estimate of drug-likeness (QED) is 0.812. The van der Waals surface area contributed by atoms with Crippen LogP contribution in [0.2, 0.25) is 0 Å². The van der Waals surface area contributed by atoms with Gasteiger partial charge in [0.2, 0.25) is 5.91 Å². The summed E-state index contributed by atoms with van der Waals surface area (Å²) in [4.78, 5) is 12.2. The predicted octanol–water partition coefficient (Wildman–Crippen LogP) is 3.03. The number of hydrogen-bond acceptors (Lipinski definition) is 3. The molecule has 4 heteroatoms. The first-order chi connectivity index (χ1) is 11.0. The van der Waals surface area contributed by atoms with Crippen LogP contribution in [-0.2, 0) is 11.2 Å². The van der Waals surface area contributed by atoms with Gasteiger partial charge in [-0.3, -0.25) is 4.79 Å². The SMILES string of the molecule is CCC(C)C(O)CNC(=O)CC1CCCc2cc(OC)ccc21. The Hall–Kier alpha value is -1.55. The zero-order valence-electron chi connectivity index (χ0n) is 14.5. The topological polar surface area (TPSA) is 58.6 Å². The summed E-state index contributed by atoms with van der Waals surface area (Å²) in [7, 11) is 1.68. The number of carbonyl (C=O) groups excluding carboxylic acids is 1. The van der Waals surface area contributed by atoms with E-state index in [9.17, 15) is 9.90 Å². The number of hydrogen-bond donors (Lipinski definition) is 2. The van der Waals surface area contributed by atoms with E-state index in [1.54, 1.807) is 7.11 Å². The smallest absolute Gasteiger partial charge is 0.220 e. The average Bonchev–Trinajstić information content (AvgIpc) is 2.58. The number of fused-ring (bicyclic) bond motifs is 1. The summed E-state index contributed by atoms with van der Waals surface area (Å²) in [5.41, 5.74) is 2.57. The van der Waals surface area contributed by atoms with Gasteiger partial charge < -0.3 is 15.2 Å². The van der Waals surface area contributed by atoms with Crippen molar-refractivity contribution in [2.75, 3.05) is 13.7 Å². The summed E-state index contributed by atoms with van der Waals surface area (Å²) in [5, 5.41) is 12.8. The maximum atomic E-state index is 12.2. The van der Waals surface area contributed by atoms with Crippen LogP contribution in [0, 0.1) is 5.92 Å². The average molecular weight is 319 g/mol. The van der Waals surface area contributed by atoms with Crippen molar-refractivity contribution in [3.8, 4) is 5.75 Å². The van der Waals surface area contributed by atoms with Crippen molar-refractivity contribution in [2.24, 2.45) is 5.92 Å². The van der Waals surface area contributed by atoms with E-state index in [1.165, 1.54) is 11.1 Å². The van der Waals surface area contributed by atoms with Gasteiger partial charge in [0.1, 0.15) is 5.75 Å². The van der Waals surface area contributed by atoms with Crippen LogP contribution >= 0.6 is 0 Å². The normalized spacial score (nSPS) is 19.6. The van der Waals surface area contributed by atoms with Gasteiger partial charge in [-0.1, -0.05) is 26.3 Å². The highest BCUT2D eigenvalue weighted by atomic mass is 16.5. The van der Waals surface area contributed by atoms with Crippen LogP contribution < -0.4 is 10.1 Å². The van der Waals surface area contributed by atoms with Gasteiger partial charge in [0.15, 0.2) is 0 Å². The minimum Gasteiger partial charge on any atom is -0.497 e. The van der Waals surface area contributed by atoms with Crippen molar-refractivity contribution in [2.45, 2.75) is 58.0 Å². The summed E-state index contributed by atoms with van der Waals surface area (Å²) in [6.45, 7) is 4.39. The largest absolute Gasteiger partial charge is 0.497 e. The van der Waals surface area contributed by atoms with Gasteiger partial charge in [0.05, 0.1) is 13.2 Å². The molecular weight excluding hydrogens is 290 g/mol. The number of amides is 1. The number of rotatable bonds is 7. The van der Waals surface area contributed by atoms with E-state index in [0.29, 0.717) is 13.0 Å². The minimum atomic E-state index is -0.466. The molecule has 0 saturated carbocycles. The van der Waals surface area contributed by atoms with Crippen LogP contribution in [0.25, 0.3) is 0 Å². The number of methoxy groups -OCH3 is 1. The highest BCUT2D eigenvalue weighted by Gasteiger charge is 2.23. The number of aliphatic hydroxyl groups excluding tert-OH is 1. The summed E-state index contributed by atoms with van der Waals surface area (Å²) in [5.74, 6) is 1.38. The fourth-order valence-corrected chi connectivity index (χ4v) is 3.22. The van der Waals surface area contributed by atoms with Crippen molar-refractivity contribution in [3.63, 3.8) is 0 Å². The zero-order chi connectivity index (χ0) is 16.8. The zero-order valence-corrected chi connectivity index (χ0v) is 14.5. The van der Waals surface area contributed by atoms with Crippen molar-refractivity contribution in [1.82, 2.24) is 5.32 Å². The Morgan fingerprint density at radius 3 is 2.96 bits per heavy atom. The lowest BCUT2D eigenvalue weighted by Gasteiger charge is -2.26. The molecule has 1 aromatic rings. The molecule has 0 radical (unpaired) electrons. The Kier molecular flexibility index (Phi) is 6.46. The number of carbonyl (C=O) groups is 1. The van der Waals surface area contributed by atoms with Crippen LogP contribution in [0.1, 0.15) is 56.6 Å². The molecule has 0 aliphatic heterocycles. The van der Waals surface area contributed by atoms with Gasteiger partial charge in [0.25, 0.3) is 0 Å². The molecule has 23 heavy (non-hydrogen) atoms. The van der Waals surface area contributed by atoms with E-state index < -0.39 is 6.10 Å². The third-order valence-corrected chi connectivity index (χ3v) is 5.03. The summed E-state index contributed by atoms with van der Waals surface area (Å²) < 4.78 is 5.29. The lowest BCUT2D eigenvalue weighted by Crippen LogP contribution is -2.36. The van der Waals surface area contributed by atoms with Gasteiger partial charge in [-0.05, 0) is 54.4 Å². The maximum absolute atomic E-state index is 12.2. The second kappa shape index (κ2) is 8.34. The lowest BCUT2D eigenvalue weighted by molar-refractivity contribution is -0.122. The molecule has 0 fully saturated rings. The number of benzene rings is 1. The second-order valence-corrected chi connectivity index (χ2v) is 6.61. The molecular formula is C19H29NO3. The first-order valence-electron chi connectivity index (χ1n) is 8.66. The first kappa shape index (κ1) is 17.8. The summed E-state index contributed by atoms with van der Waals surface area (Å²) >= 11 is 0. The molecule has 0 bridgehead atoms. The van der Waals surface area contributed by atoms with E-state index in [0.717, 1.165) is 31.4 Å². The lowest BCUT2D eigenvalue weighted by atomic mass is 9.81. The fraction of sp³-hybridized carbons (Fsp3) is 0.632. The number of nitrogens with one attached hydrogen (secondary N) is 1. The molecule has 0 aromatic heterocycles. The Morgan fingerprint density at radius 1 is 1.48 bits per heavy atom. The summed E-state index contributed by atoms with van der Waals surface area (Å²) in [6, 6.07) is 6.16. The van der Waals surface area contributed by atoms with Crippen molar-refractivity contribution >= 4 is 5.91 Å². The molecule has 1 aromatic carbocycles. The highest BCUT2D eigenvalue weighted by molar-refractivity contribution is 5.77. The van der Waals surface area contributed by atoms with Crippen LogP contribution in [-0.4, -0.2) is 30.8 Å². The van der Waals surface area contributed by atoms with Crippen LogP contribution in [0.5, 0.6) is 5.75 Å². The predicted molar refractivity (Wildman–Crippen MR) is 91.8 cm³/mol. The molecule has 3 atom stereocenters. The Morgan fingerprint density at radius 2 is 2.26 bits per heavy atom. The Bertz CT molecular complexity index is 529. The van der Waals surface area contributed by atoms with Crippen LogP contribution in [0.15, 0.2) is 18.2 Å². The minimum absolute atomic E-state index is 0.0287. The van der Waals surface area contributed by atoms with Crippen molar-refractivity contribution in [1.29, 1.82) is 0 Å². The fourth-order valence-electron chi connectivity index (χ4n) is 3.22. The number of aliphatic hydroxyl groups is 1. The van der Waals surface area contributed by atoms with E-state index in [2.05, 4.69) is 17.4 Å². The molecule has 4 nitrogen and oxygen atoms in total. The molecule has 1 aliphatic rings. The molecule has 2 N–H and O–H groups in total.